The summed E-state index contributed by atoms with van der Waals surface area (Å²) in [4.78, 5) is 20.7. The second-order valence-electron chi connectivity index (χ2n) is 5.83. The van der Waals surface area contributed by atoms with Crippen LogP contribution in [0.15, 0.2) is 60.7 Å². The van der Waals surface area contributed by atoms with Crippen molar-refractivity contribution >= 4 is 13.3 Å². The fraction of sp³-hybridized carbons (Fsp3) is 0.278. The number of carboxylic acids is 1. The monoisotopic (exact) mass is 347 g/mol. The lowest BCUT2D eigenvalue weighted by molar-refractivity contribution is -0.134. The van der Waals surface area contributed by atoms with Crippen LogP contribution in [-0.4, -0.2) is 34.3 Å². The van der Waals surface area contributed by atoms with Crippen molar-refractivity contribution in [2.24, 2.45) is 0 Å². The lowest BCUT2D eigenvalue weighted by Gasteiger charge is -2.21. The first-order chi connectivity index (χ1) is 11.4. The Morgan fingerprint density at radius 1 is 1.00 bits per heavy atom. The molecule has 0 aliphatic rings. The molecule has 2 unspecified atom stereocenters. The maximum absolute atomic E-state index is 12.2. The molecule has 6 heteroatoms. The van der Waals surface area contributed by atoms with Crippen LogP contribution in [0.4, 0.5) is 0 Å². The maximum Gasteiger partial charge on any atom is 0.313 e. The molecule has 5 nitrogen and oxygen atoms in total. The molecule has 24 heavy (non-hydrogen) atoms. The number of carboxylic acid groups (broad SMARTS) is 1. The van der Waals surface area contributed by atoms with Crippen molar-refractivity contribution in [3.8, 4) is 0 Å². The molecule has 0 fully saturated rings. The van der Waals surface area contributed by atoms with E-state index < -0.39 is 19.5 Å². The Hall–Kier alpha value is -1.94. The lowest BCUT2D eigenvalue weighted by atomic mass is 10.1. The second kappa shape index (κ2) is 8.78. The van der Waals surface area contributed by atoms with Crippen molar-refractivity contribution in [2.45, 2.75) is 19.0 Å². The van der Waals surface area contributed by atoms with Crippen LogP contribution < -0.4 is 5.32 Å². The van der Waals surface area contributed by atoms with Crippen LogP contribution in [0, 0.1) is 0 Å². The third-order valence-corrected chi connectivity index (χ3v) is 5.43. The Morgan fingerprint density at radius 2 is 1.54 bits per heavy atom. The van der Waals surface area contributed by atoms with Gasteiger partial charge >= 0.3 is 5.97 Å². The standard InChI is InChI=1S/C18H22NO4P/c20-18(21)14-24(22,23)13-17(11-15-7-3-1-4-8-15)19-12-16-9-5-2-6-10-16/h1-10,17,19H,11-14H2,(H,20,21)(H,22,23). The molecule has 0 aliphatic carbocycles. The molecule has 0 radical (unpaired) electrons. The van der Waals surface area contributed by atoms with E-state index in [-0.39, 0.29) is 12.2 Å². The summed E-state index contributed by atoms with van der Waals surface area (Å²) in [5, 5.41) is 12.1. The fourth-order valence-corrected chi connectivity index (χ4v) is 4.08. The van der Waals surface area contributed by atoms with Crippen LogP contribution >= 0.6 is 7.37 Å². The van der Waals surface area contributed by atoms with E-state index in [1.807, 2.05) is 60.7 Å². The third kappa shape index (κ3) is 6.67. The number of benzene rings is 2. The molecule has 0 amide bonds. The Kier molecular flexibility index (Phi) is 6.73. The minimum absolute atomic E-state index is 0.0684. The van der Waals surface area contributed by atoms with Gasteiger partial charge in [0.15, 0.2) is 0 Å². The second-order valence-corrected chi connectivity index (χ2v) is 8.21. The average Bonchev–Trinajstić information content (AvgIpc) is 2.53. The van der Waals surface area contributed by atoms with Gasteiger partial charge in [-0.2, -0.15) is 0 Å². The summed E-state index contributed by atoms with van der Waals surface area (Å²) in [6.07, 6.45) is -0.204. The van der Waals surface area contributed by atoms with E-state index in [4.69, 9.17) is 5.11 Å². The van der Waals surface area contributed by atoms with Crippen molar-refractivity contribution < 1.29 is 19.4 Å². The van der Waals surface area contributed by atoms with E-state index >= 15 is 0 Å². The van der Waals surface area contributed by atoms with Crippen LogP contribution in [0.2, 0.25) is 0 Å². The zero-order chi connectivity index (χ0) is 17.4. The first-order valence-corrected chi connectivity index (χ1v) is 9.81. The van der Waals surface area contributed by atoms with Gasteiger partial charge in [0.05, 0.1) is 0 Å². The molecule has 2 atom stereocenters. The molecule has 3 N–H and O–H groups in total. The van der Waals surface area contributed by atoms with E-state index in [0.717, 1.165) is 11.1 Å². The third-order valence-electron chi connectivity index (χ3n) is 3.65. The van der Waals surface area contributed by atoms with Gasteiger partial charge in [-0.25, -0.2) is 0 Å². The summed E-state index contributed by atoms with van der Waals surface area (Å²) in [7, 11) is -3.73. The number of rotatable bonds is 9. The number of hydrogen-bond acceptors (Lipinski definition) is 3. The van der Waals surface area contributed by atoms with E-state index in [9.17, 15) is 14.3 Å². The smallest absolute Gasteiger partial charge is 0.313 e. The van der Waals surface area contributed by atoms with Gasteiger partial charge < -0.3 is 15.3 Å². The average molecular weight is 347 g/mol. The highest BCUT2D eigenvalue weighted by molar-refractivity contribution is 7.59. The number of aliphatic carboxylic acids is 1. The van der Waals surface area contributed by atoms with Gasteiger partial charge in [0.25, 0.3) is 0 Å². The highest BCUT2D eigenvalue weighted by atomic mass is 31.2. The largest absolute Gasteiger partial charge is 0.481 e. The Balaban J connectivity index is 2.05. The number of hydrogen-bond donors (Lipinski definition) is 3. The zero-order valence-electron chi connectivity index (χ0n) is 13.3. The molecule has 2 aromatic carbocycles. The first kappa shape index (κ1) is 18.4. The van der Waals surface area contributed by atoms with Crippen LogP contribution in [0.25, 0.3) is 0 Å². The van der Waals surface area contributed by atoms with E-state index in [0.29, 0.717) is 13.0 Å². The van der Waals surface area contributed by atoms with Crippen LogP contribution in [-0.2, 0) is 22.3 Å². The molecule has 128 valence electrons. The van der Waals surface area contributed by atoms with Gasteiger partial charge in [-0.05, 0) is 17.5 Å². The van der Waals surface area contributed by atoms with E-state index in [1.54, 1.807) is 0 Å². The quantitative estimate of drug-likeness (QED) is 0.607. The summed E-state index contributed by atoms with van der Waals surface area (Å²) in [6, 6.07) is 19.1. The predicted octanol–water partition coefficient (Wildman–Crippen LogP) is 2.74. The molecule has 0 heterocycles. The molecule has 2 rings (SSSR count). The summed E-state index contributed by atoms with van der Waals surface area (Å²) >= 11 is 0. The minimum atomic E-state index is -3.73. The molecule has 0 spiro atoms. The topological polar surface area (TPSA) is 86.6 Å². The van der Waals surface area contributed by atoms with Gasteiger partial charge in [-0.15, -0.1) is 0 Å². The minimum Gasteiger partial charge on any atom is -0.481 e. The predicted molar refractivity (Wildman–Crippen MR) is 94.4 cm³/mol. The van der Waals surface area contributed by atoms with Gasteiger partial charge in [0.2, 0.25) is 7.37 Å². The summed E-state index contributed by atoms with van der Waals surface area (Å²) in [5.74, 6) is -1.25. The summed E-state index contributed by atoms with van der Waals surface area (Å²) < 4.78 is 12.2. The molecule has 2 aromatic rings. The Labute approximate surface area is 141 Å². The SMILES string of the molecule is O=C(O)CP(=O)(O)CC(Cc1ccccc1)NCc1ccccc1. The van der Waals surface area contributed by atoms with Crippen molar-refractivity contribution in [3.63, 3.8) is 0 Å². The molecular formula is C18H22NO4P. The number of carbonyl (C=O) groups is 1. The Bertz CT molecular complexity index is 691. The van der Waals surface area contributed by atoms with E-state index in [1.165, 1.54) is 0 Å². The van der Waals surface area contributed by atoms with Gasteiger partial charge in [0.1, 0.15) is 6.16 Å². The van der Waals surface area contributed by atoms with Crippen molar-refractivity contribution in [1.29, 1.82) is 0 Å². The van der Waals surface area contributed by atoms with Crippen molar-refractivity contribution in [2.75, 3.05) is 12.3 Å². The molecule has 0 aromatic heterocycles. The summed E-state index contributed by atoms with van der Waals surface area (Å²) in [5.41, 5.74) is 2.11. The Morgan fingerprint density at radius 3 is 2.08 bits per heavy atom. The van der Waals surface area contributed by atoms with Crippen LogP contribution in [0.3, 0.4) is 0 Å². The van der Waals surface area contributed by atoms with Gasteiger partial charge in [0, 0.05) is 18.7 Å². The first-order valence-electron chi connectivity index (χ1n) is 7.78. The van der Waals surface area contributed by atoms with Gasteiger partial charge in [-0.1, -0.05) is 60.7 Å². The number of nitrogens with one attached hydrogen (secondary N) is 1. The molecule has 0 saturated heterocycles. The highest BCUT2D eigenvalue weighted by Crippen LogP contribution is 2.41. The molecule has 0 bridgehead atoms. The van der Waals surface area contributed by atoms with Crippen molar-refractivity contribution in [3.05, 3.63) is 71.8 Å². The molecule has 0 saturated carbocycles. The molecule has 0 aliphatic heterocycles. The van der Waals surface area contributed by atoms with E-state index in [2.05, 4.69) is 5.32 Å². The zero-order valence-corrected chi connectivity index (χ0v) is 14.2. The molecular weight excluding hydrogens is 325 g/mol. The highest BCUT2D eigenvalue weighted by Gasteiger charge is 2.27. The van der Waals surface area contributed by atoms with Gasteiger partial charge in [-0.3, -0.25) is 9.36 Å². The maximum atomic E-state index is 12.2. The summed E-state index contributed by atoms with van der Waals surface area (Å²) in [6.45, 7) is 0.561. The van der Waals surface area contributed by atoms with Crippen molar-refractivity contribution in [1.82, 2.24) is 5.32 Å². The normalized spacial score (nSPS) is 14.7. The van der Waals surface area contributed by atoms with Crippen LogP contribution in [0.5, 0.6) is 0 Å². The van der Waals surface area contributed by atoms with Crippen LogP contribution in [0.1, 0.15) is 11.1 Å². The fourth-order valence-electron chi connectivity index (χ4n) is 2.58. The lowest BCUT2D eigenvalue weighted by Crippen LogP contribution is -2.34.